The van der Waals surface area contributed by atoms with E-state index in [-0.39, 0.29) is 11.8 Å². The number of nitrogens with one attached hydrogen (secondary N) is 1. The summed E-state index contributed by atoms with van der Waals surface area (Å²) in [5.74, 6) is -0.0276. The van der Waals surface area contributed by atoms with Gasteiger partial charge in [-0.25, -0.2) is 0 Å². The maximum Gasteiger partial charge on any atom is 0.223 e. The van der Waals surface area contributed by atoms with Crippen LogP contribution in [-0.2, 0) is 11.3 Å². The van der Waals surface area contributed by atoms with Crippen molar-refractivity contribution in [3.05, 3.63) is 88.2 Å². The smallest absolute Gasteiger partial charge is 0.223 e. The Kier molecular flexibility index (Phi) is 5.74. The summed E-state index contributed by atoms with van der Waals surface area (Å²) in [5, 5.41) is 7.80. The molecule has 1 unspecified atom stereocenters. The number of halogens is 1. The molecule has 1 N–H and O–H groups in total. The summed E-state index contributed by atoms with van der Waals surface area (Å²) in [5.41, 5.74) is 3.89. The molecule has 0 fully saturated rings. The molecule has 134 valence electrons. The third-order valence-corrected chi connectivity index (χ3v) is 4.79. The van der Waals surface area contributed by atoms with Crippen LogP contribution in [0.3, 0.4) is 0 Å². The first-order valence-corrected chi connectivity index (χ1v) is 8.96. The third kappa shape index (κ3) is 4.33. The van der Waals surface area contributed by atoms with Gasteiger partial charge in [0.15, 0.2) is 0 Å². The van der Waals surface area contributed by atoms with Crippen LogP contribution in [0.25, 0.3) is 0 Å². The minimum absolute atomic E-state index is 0.0550. The number of benzene rings is 2. The number of rotatable bonds is 6. The fourth-order valence-corrected chi connectivity index (χ4v) is 3.33. The molecular formula is C21H22ClN3O. The molecule has 4 nitrogen and oxygen atoms in total. The normalized spacial score (nSPS) is 12.0. The van der Waals surface area contributed by atoms with Gasteiger partial charge < -0.3 is 4.90 Å². The summed E-state index contributed by atoms with van der Waals surface area (Å²) in [4.78, 5) is 14.6. The van der Waals surface area contributed by atoms with Gasteiger partial charge in [-0.05, 0) is 30.2 Å². The van der Waals surface area contributed by atoms with Crippen LogP contribution in [0.2, 0.25) is 5.02 Å². The molecular weight excluding hydrogens is 346 g/mol. The zero-order chi connectivity index (χ0) is 18.5. The van der Waals surface area contributed by atoms with Crippen molar-refractivity contribution in [3.63, 3.8) is 0 Å². The Morgan fingerprint density at radius 2 is 1.85 bits per heavy atom. The second kappa shape index (κ2) is 8.19. The Labute approximate surface area is 158 Å². The molecule has 1 atom stereocenters. The number of aromatic amines is 1. The number of carbonyl (C=O) groups excluding carboxylic acids is 1. The van der Waals surface area contributed by atoms with E-state index in [1.54, 1.807) is 11.9 Å². The van der Waals surface area contributed by atoms with Crippen LogP contribution in [-0.4, -0.2) is 28.1 Å². The van der Waals surface area contributed by atoms with Crippen molar-refractivity contribution in [2.45, 2.75) is 25.8 Å². The molecule has 0 saturated heterocycles. The summed E-state index contributed by atoms with van der Waals surface area (Å²) in [7, 11) is 1.81. The Bertz CT molecular complexity index is 876. The van der Waals surface area contributed by atoms with Crippen LogP contribution in [0.4, 0.5) is 0 Å². The zero-order valence-corrected chi connectivity index (χ0v) is 15.7. The van der Waals surface area contributed by atoms with E-state index < -0.39 is 0 Å². The molecule has 26 heavy (non-hydrogen) atoms. The second-order valence-electron chi connectivity index (χ2n) is 6.48. The molecule has 3 rings (SSSR count). The summed E-state index contributed by atoms with van der Waals surface area (Å²) in [6.07, 6.45) is 0.355. The first kappa shape index (κ1) is 18.2. The molecule has 0 saturated carbocycles. The van der Waals surface area contributed by atoms with Crippen molar-refractivity contribution < 1.29 is 4.79 Å². The summed E-state index contributed by atoms with van der Waals surface area (Å²) in [6, 6.07) is 19.7. The second-order valence-corrected chi connectivity index (χ2v) is 6.89. The highest BCUT2D eigenvalue weighted by Crippen LogP contribution is 2.33. The highest BCUT2D eigenvalue weighted by atomic mass is 35.5. The summed E-state index contributed by atoms with van der Waals surface area (Å²) >= 11 is 6.43. The molecule has 5 heteroatoms. The number of amides is 1. The van der Waals surface area contributed by atoms with E-state index in [1.807, 2.05) is 67.6 Å². The quantitative estimate of drug-likeness (QED) is 0.694. The van der Waals surface area contributed by atoms with Crippen molar-refractivity contribution in [1.82, 2.24) is 15.1 Å². The highest BCUT2D eigenvalue weighted by Gasteiger charge is 2.22. The maximum atomic E-state index is 12.9. The van der Waals surface area contributed by atoms with Gasteiger partial charge in [-0.2, -0.15) is 5.10 Å². The van der Waals surface area contributed by atoms with E-state index in [4.69, 9.17) is 11.6 Å². The van der Waals surface area contributed by atoms with E-state index in [0.717, 1.165) is 22.5 Å². The van der Waals surface area contributed by atoms with Crippen LogP contribution < -0.4 is 0 Å². The lowest BCUT2D eigenvalue weighted by Crippen LogP contribution is -2.28. The average molecular weight is 368 g/mol. The van der Waals surface area contributed by atoms with Crippen molar-refractivity contribution in [2.24, 2.45) is 0 Å². The van der Waals surface area contributed by atoms with Crippen molar-refractivity contribution in [1.29, 1.82) is 0 Å². The number of aromatic nitrogens is 2. The Morgan fingerprint density at radius 3 is 2.50 bits per heavy atom. The summed E-state index contributed by atoms with van der Waals surface area (Å²) in [6.45, 7) is 2.42. The van der Waals surface area contributed by atoms with E-state index in [9.17, 15) is 4.79 Å². The van der Waals surface area contributed by atoms with Gasteiger partial charge in [0.2, 0.25) is 5.91 Å². The lowest BCUT2D eigenvalue weighted by Gasteiger charge is -2.22. The van der Waals surface area contributed by atoms with Crippen LogP contribution in [0, 0.1) is 6.92 Å². The van der Waals surface area contributed by atoms with Gasteiger partial charge >= 0.3 is 0 Å². The standard InChI is InChI=1S/C21H22ClN3O/c1-15-12-17(24-23-15)14-25(2)21(26)13-19(16-8-4-3-5-9-16)18-10-6-7-11-20(18)22/h3-12,19H,13-14H2,1-2H3,(H,23,24). The Balaban J connectivity index is 1.81. The molecule has 2 aromatic carbocycles. The fourth-order valence-electron chi connectivity index (χ4n) is 3.07. The van der Waals surface area contributed by atoms with Crippen molar-refractivity contribution in [3.8, 4) is 0 Å². The predicted molar refractivity (Wildman–Crippen MR) is 104 cm³/mol. The number of hydrogen-bond acceptors (Lipinski definition) is 2. The van der Waals surface area contributed by atoms with Crippen LogP contribution in [0.5, 0.6) is 0 Å². The zero-order valence-electron chi connectivity index (χ0n) is 14.9. The van der Waals surface area contributed by atoms with E-state index >= 15 is 0 Å². The lowest BCUT2D eigenvalue weighted by atomic mass is 9.88. The number of nitrogens with zero attached hydrogens (tertiary/aromatic N) is 2. The monoisotopic (exact) mass is 367 g/mol. The van der Waals surface area contributed by atoms with E-state index in [2.05, 4.69) is 10.2 Å². The molecule has 1 amide bonds. The van der Waals surface area contributed by atoms with Crippen LogP contribution in [0.1, 0.15) is 34.9 Å². The molecule has 0 radical (unpaired) electrons. The molecule has 0 aliphatic heterocycles. The molecule has 0 aliphatic carbocycles. The average Bonchev–Trinajstić information content (AvgIpc) is 3.05. The topological polar surface area (TPSA) is 49.0 Å². The number of hydrogen-bond donors (Lipinski definition) is 1. The molecule has 0 spiro atoms. The largest absolute Gasteiger partial charge is 0.340 e. The van der Waals surface area contributed by atoms with Crippen LogP contribution >= 0.6 is 11.6 Å². The van der Waals surface area contributed by atoms with Gasteiger partial charge in [-0.15, -0.1) is 0 Å². The van der Waals surface area contributed by atoms with Gasteiger partial charge in [-0.1, -0.05) is 60.1 Å². The van der Waals surface area contributed by atoms with Gasteiger partial charge in [0.25, 0.3) is 0 Å². The molecule has 1 heterocycles. The number of H-pyrrole nitrogens is 1. The molecule has 3 aromatic rings. The first-order chi connectivity index (χ1) is 12.5. The summed E-state index contributed by atoms with van der Waals surface area (Å²) < 4.78 is 0. The molecule has 0 aliphatic rings. The molecule has 1 aromatic heterocycles. The highest BCUT2D eigenvalue weighted by molar-refractivity contribution is 6.31. The van der Waals surface area contributed by atoms with E-state index in [0.29, 0.717) is 18.0 Å². The maximum absolute atomic E-state index is 12.9. The van der Waals surface area contributed by atoms with Gasteiger partial charge in [-0.3, -0.25) is 9.89 Å². The number of carbonyl (C=O) groups is 1. The van der Waals surface area contributed by atoms with Crippen LogP contribution in [0.15, 0.2) is 60.7 Å². The van der Waals surface area contributed by atoms with Crippen molar-refractivity contribution >= 4 is 17.5 Å². The van der Waals surface area contributed by atoms with E-state index in [1.165, 1.54) is 0 Å². The first-order valence-electron chi connectivity index (χ1n) is 8.59. The Hall–Kier alpha value is -2.59. The predicted octanol–water partition coefficient (Wildman–Crippen LogP) is 4.55. The van der Waals surface area contributed by atoms with Gasteiger partial charge in [0, 0.05) is 30.1 Å². The Morgan fingerprint density at radius 1 is 1.15 bits per heavy atom. The SMILES string of the molecule is Cc1cc(CN(C)C(=O)CC(c2ccccc2)c2ccccc2Cl)n[nH]1. The lowest BCUT2D eigenvalue weighted by molar-refractivity contribution is -0.130. The van der Waals surface area contributed by atoms with Crippen molar-refractivity contribution in [2.75, 3.05) is 7.05 Å². The minimum atomic E-state index is -0.0826. The fraction of sp³-hybridized carbons (Fsp3) is 0.238. The molecule has 0 bridgehead atoms. The minimum Gasteiger partial charge on any atom is -0.340 e. The van der Waals surface area contributed by atoms with Gasteiger partial charge in [0.1, 0.15) is 0 Å². The van der Waals surface area contributed by atoms with Gasteiger partial charge in [0.05, 0.1) is 12.2 Å². The number of aryl methyl sites for hydroxylation is 1. The third-order valence-electron chi connectivity index (χ3n) is 4.45.